The van der Waals surface area contributed by atoms with Crippen LogP contribution >= 0.6 is 12.4 Å². The van der Waals surface area contributed by atoms with Crippen LogP contribution in [-0.2, 0) is 9.59 Å². The van der Waals surface area contributed by atoms with E-state index >= 15 is 0 Å². The number of nitrogens with one attached hydrogen (secondary N) is 3. The summed E-state index contributed by atoms with van der Waals surface area (Å²) in [5.74, 6) is 0.570. The summed E-state index contributed by atoms with van der Waals surface area (Å²) >= 11 is 0. The number of halogens is 1. The van der Waals surface area contributed by atoms with Crippen molar-refractivity contribution in [3.05, 3.63) is 24.3 Å². The lowest BCUT2D eigenvalue weighted by molar-refractivity contribution is -0.116. The number of carbonyl (C=O) groups excluding carboxylic acids is 2. The van der Waals surface area contributed by atoms with E-state index in [1.807, 2.05) is 12.1 Å². The van der Waals surface area contributed by atoms with Gasteiger partial charge in [-0.1, -0.05) is 6.07 Å². The second-order valence-electron chi connectivity index (χ2n) is 5.54. The van der Waals surface area contributed by atoms with Crippen molar-refractivity contribution in [2.45, 2.75) is 32.6 Å². The molecule has 1 saturated heterocycles. The fourth-order valence-corrected chi connectivity index (χ4v) is 2.61. The summed E-state index contributed by atoms with van der Waals surface area (Å²) in [5.41, 5.74) is 1.41. The van der Waals surface area contributed by atoms with Gasteiger partial charge in [0, 0.05) is 24.7 Å². The van der Waals surface area contributed by atoms with Crippen molar-refractivity contribution in [3.8, 4) is 0 Å². The topological polar surface area (TPSA) is 70.2 Å². The van der Waals surface area contributed by atoms with E-state index in [0.717, 1.165) is 38.0 Å². The summed E-state index contributed by atoms with van der Waals surface area (Å²) in [7, 11) is 0. The van der Waals surface area contributed by atoms with Crippen molar-refractivity contribution in [2.75, 3.05) is 23.7 Å². The molecule has 0 bridgehead atoms. The van der Waals surface area contributed by atoms with Crippen molar-refractivity contribution in [1.82, 2.24) is 5.32 Å². The third-order valence-electron chi connectivity index (χ3n) is 3.71. The van der Waals surface area contributed by atoms with Gasteiger partial charge in [-0.3, -0.25) is 9.59 Å². The minimum atomic E-state index is -0.121. The molecule has 0 aliphatic carbocycles. The van der Waals surface area contributed by atoms with E-state index in [0.29, 0.717) is 18.0 Å². The lowest BCUT2D eigenvalue weighted by Crippen LogP contribution is -2.28. The Bertz CT molecular complexity index is 502. The number of carbonyl (C=O) groups is 2. The number of piperidine rings is 1. The molecule has 0 radical (unpaired) electrons. The largest absolute Gasteiger partial charge is 0.326 e. The first kappa shape index (κ1) is 18.5. The van der Waals surface area contributed by atoms with Crippen LogP contribution in [0.3, 0.4) is 0 Å². The predicted molar refractivity (Wildman–Crippen MR) is 91.5 cm³/mol. The van der Waals surface area contributed by atoms with Crippen molar-refractivity contribution < 1.29 is 9.59 Å². The molecule has 3 N–H and O–H groups in total. The van der Waals surface area contributed by atoms with Gasteiger partial charge in [0.1, 0.15) is 0 Å². The minimum absolute atomic E-state index is 0. The monoisotopic (exact) mass is 325 g/mol. The molecule has 1 aromatic rings. The second-order valence-corrected chi connectivity index (χ2v) is 5.54. The lowest BCUT2D eigenvalue weighted by Gasteiger charge is -2.22. The highest BCUT2D eigenvalue weighted by atomic mass is 35.5. The Hall–Kier alpha value is -1.59. The van der Waals surface area contributed by atoms with Gasteiger partial charge in [0.15, 0.2) is 0 Å². The van der Waals surface area contributed by atoms with Gasteiger partial charge >= 0.3 is 0 Å². The maximum atomic E-state index is 12.0. The van der Waals surface area contributed by atoms with Crippen molar-refractivity contribution in [1.29, 1.82) is 0 Å². The zero-order chi connectivity index (χ0) is 15.1. The van der Waals surface area contributed by atoms with Crippen molar-refractivity contribution >= 4 is 35.6 Å². The summed E-state index contributed by atoms with van der Waals surface area (Å²) in [5, 5.41) is 8.92. The zero-order valence-corrected chi connectivity index (χ0v) is 13.7. The fraction of sp³-hybridized carbons (Fsp3) is 0.500. The van der Waals surface area contributed by atoms with Crippen molar-refractivity contribution in [2.24, 2.45) is 5.92 Å². The fourth-order valence-electron chi connectivity index (χ4n) is 2.61. The van der Waals surface area contributed by atoms with Gasteiger partial charge in [-0.2, -0.15) is 0 Å². The Morgan fingerprint density at radius 2 is 1.82 bits per heavy atom. The number of rotatable bonds is 5. The first-order valence-electron chi connectivity index (χ1n) is 7.52. The Morgan fingerprint density at radius 1 is 1.18 bits per heavy atom. The van der Waals surface area contributed by atoms with Crippen molar-refractivity contribution in [3.63, 3.8) is 0 Å². The lowest BCUT2D eigenvalue weighted by atomic mass is 9.93. The molecule has 1 heterocycles. The summed E-state index contributed by atoms with van der Waals surface area (Å²) in [6.45, 7) is 3.58. The molecule has 5 nitrogen and oxygen atoms in total. The zero-order valence-electron chi connectivity index (χ0n) is 12.9. The van der Waals surface area contributed by atoms with Crippen LogP contribution in [0.25, 0.3) is 0 Å². The molecule has 122 valence electrons. The molecule has 2 amide bonds. The Balaban J connectivity index is 0.00000242. The summed E-state index contributed by atoms with van der Waals surface area (Å²) in [4.78, 5) is 23.0. The third kappa shape index (κ3) is 6.45. The number of hydrogen-bond acceptors (Lipinski definition) is 3. The molecule has 6 heteroatoms. The van der Waals surface area contributed by atoms with Crippen LogP contribution in [0.4, 0.5) is 11.4 Å². The van der Waals surface area contributed by atoms with Gasteiger partial charge in [0.25, 0.3) is 0 Å². The first-order chi connectivity index (χ1) is 10.1. The molecule has 0 unspecified atom stereocenters. The Labute approximate surface area is 137 Å². The molecular formula is C16H24ClN3O2. The predicted octanol–water partition coefficient (Wildman–Crippen LogP) is 2.79. The van der Waals surface area contributed by atoms with E-state index in [4.69, 9.17) is 0 Å². The van der Waals surface area contributed by atoms with Crippen LogP contribution in [0, 0.1) is 5.92 Å². The molecule has 0 atom stereocenters. The summed E-state index contributed by atoms with van der Waals surface area (Å²) < 4.78 is 0. The molecule has 1 aliphatic rings. The summed E-state index contributed by atoms with van der Waals surface area (Å²) in [6, 6.07) is 7.21. The SMILES string of the molecule is CC(=O)Nc1cccc(NC(=O)CCC2CCNCC2)c1.Cl. The highest BCUT2D eigenvalue weighted by Gasteiger charge is 2.14. The van der Waals surface area contributed by atoms with E-state index in [1.54, 1.807) is 12.1 Å². The Kier molecular flexibility index (Phi) is 7.91. The number of amides is 2. The second kappa shape index (κ2) is 9.43. The number of anilines is 2. The Morgan fingerprint density at radius 3 is 2.45 bits per heavy atom. The van der Waals surface area contributed by atoms with Crippen LogP contribution in [0.1, 0.15) is 32.6 Å². The van der Waals surface area contributed by atoms with Crippen LogP contribution in [0.5, 0.6) is 0 Å². The van der Waals surface area contributed by atoms with Gasteiger partial charge in [0.05, 0.1) is 0 Å². The molecule has 0 aromatic heterocycles. The van der Waals surface area contributed by atoms with E-state index in [9.17, 15) is 9.59 Å². The van der Waals surface area contributed by atoms with Gasteiger partial charge < -0.3 is 16.0 Å². The maximum absolute atomic E-state index is 12.0. The molecule has 1 fully saturated rings. The van der Waals surface area contributed by atoms with Gasteiger partial charge in [-0.15, -0.1) is 12.4 Å². The third-order valence-corrected chi connectivity index (χ3v) is 3.71. The van der Waals surface area contributed by atoms with Crippen LogP contribution in [-0.4, -0.2) is 24.9 Å². The first-order valence-corrected chi connectivity index (χ1v) is 7.52. The molecule has 2 rings (SSSR count). The van der Waals surface area contributed by atoms with Gasteiger partial charge in [0.2, 0.25) is 11.8 Å². The van der Waals surface area contributed by atoms with E-state index < -0.39 is 0 Å². The van der Waals surface area contributed by atoms with E-state index in [-0.39, 0.29) is 24.2 Å². The molecule has 0 saturated carbocycles. The highest BCUT2D eigenvalue weighted by Crippen LogP contribution is 2.19. The smallest absolute Gasteiger partial charge is 0.224 e. The summed E-state index contributed by atoms with van der Waals surface area (Å²) in [6.07, 6.45) is 3.81. The molecule has 22 heavy (non-hydrogen) atoms. The maximum Gasteiger partial charge on any atom is 0.224 e. The minimum Gasteiger partial charge on any atom is -0.326 e. The van der Waals surface area contributed by atoms with E-state index in [1.165, 1.54) is 6.92 Å². The molecule has 1 aromatic carbocycles. The van der Waals surface area contributed by atoms with E-state index in [2.05, 4.69) is 16.0 Å². The van der Waals surface area contributed by atoms with Crippen LogP contribution in [0.15, 0.2) is 24.3 Å². The number of benzene rings is 1. The average Bonchev–Trinajstić information content (AvgIpc) is 2.46. The number of hydrogen-bond donors (Lipinski definition) is 3. The molecular weight excluding hydrogens is 302 g/mol. The molecule has 1 aliphatic heterocycles. The van der Waals surface area contributed by atoms with Gasteiger partial charge in [-0.25, -0.2) is 0 Å². The normalized spacial score (nSPS) is 14.8. The quantitative estimate of drug-likeness (QED) is 0.779. The highest BCUT2D eigenvalue weighted by molar-refractivity contribution is 5.93. The van der Waals surface area contributed by atoms with Crippen LogP contribution in [0.2, 0.25) is 0 Å². The average molecular weight is 326 g/mol. The van der Waals surface area contributed by atoms with Crippen LogP contribution < -0.4 is 16.0 Å². The van der Waals surface area contributed by atoms with Gasteiger partial charge in [-0.05, 0) is 56.5 Å². The standard InChI is InChI=1S/C16H23N3O2.ClH/c1-12(20)18-14-3-2-4-15(11-14)19-16(21)6-5-13-7-9-17-10-8-13;/h2-4,11,13,17H,5-10H2,1H3,(H,18,20)(H,19,21);1H. The molecule has 0 spiro atoms.